The van der Waals surface area contributed by atoms with Gasteiger partial charge in [-0.2, -0.15) is 0 Å². The lowest BCUT2D eigenvalue weighted by molar-refractivity contribution is 0.474. The Morgan fingerprint density at radius 1 is 1.00 bits per heavy atom. The van der Waals surface area contributed by atoms with Crippen molar-refractivity contribution in [2.24, 2.45) is 0 Å². The zero-order valence-electron chi connectivity index (χ0n) is 9.09. The maximum Gasteiger partial charge on any atom is 0.146 e. The van der Waals surface area contributed by atoms with Crippen molar-refractivity contribution in [1.82, 2.24) is 0 Å². The fraction of sp³-hybridized carbons (Fsp3) is 0.0769. The Bertz CT molecular complexity index is 575. The SMILES string of the molecule is Fc1ccc(Oc2ccc(F)cc2CBr)c(Cl)c1. The lowest BCUT2D eigenvalue weighted by Gasteiger charge is -2.11. The number of benzene rings is 2. The zero-order valence-corrected chi connectivity index (χ0v) is 11.4. The maximum atomic E-state index is 13.1. The minimum absolute atomic E-state index is 0.167. The summed E-state index contributed by atoms with van der Waals surface area (Å²) in [6.07, 6.45) is 0. The summed E-state index contributed by atoms with van der Waals surface area (Å²) in [7, 11) is 0. The van der Waals surface area contributed by atoms with Gasteiger partial charge in [0.25, 0.3) is 0 Å². The van der Waals surface area contributed by atoms with Crippen LogP contribution in [-0.2, 0) is 5.33 Å². The van der Waals surface area contributed by atoms with Crippen LogP contribution in [0, 0.1) is 11.6 Å². The molecule has 0 atom stereocenters. The predicted molar refractivity (Wildman–Crippen MR) is 70.5 cm³/mol. The van der Waals surface area contributed by atoms with Crippen LogP contribution >= 0.6 is 27.5 Å². The lowest BCUT2D eigenvalue weighted by Crippen LogP contribution is -1.91. The average molecular weight is 334 g/mol. The number of alkyl halides is 1. The summed E-state index contributed by atoms with van der Waals surface area (Å²) >= 11 is 9.10. The molecular weight excluding hydrogens is 325 g/mol. The van der Waals surface area contributed by atoms with Gasteiger partial charge in [-0.25, -0.2) is 8.78 Å². The third-order valence-corrected chi connectivity index (χ3v) is 3.18. The first-order valence-corrected chi connectivity index (χ1v) is 6.57. The lowest BCUT2D eigenvalue weighted by atomic mass is 10.2. The first kappa shape index (κ1) is 13.3. The zero-order chi connectivity index (χ0) is 13.1. The summed E-state index contributed by atoms with van der Waals surface area (Å²) in [6, 6.07) is 8.00. The molecule has 2 aromatic carbocycles. The molecule has 0 N–H and O–H groups in total. The molecule has 0 unspecified atom stereocenters. The second kappa shape index (κ2) is 5.67. The van der Waals surface area contributed by atoms with Gasteiger partial charge in [-0.15, -0.1) is 0 Å². The van der Waals surface area contributed by atoms with Crippen molar-refractivity contribution in [3.05, 3.63) is 58.6 Å². The molecule has 0 radical (unpaired) electrons. The molecule has 18 heavy (non-hydrogen) atoms. The van der Waals surface area contributed by atoms with E-state index in [0.29, 0.717) is 22.4 Å². The van der Waals surface area contributed by atoms with E-state index in [1.54, 1.807) is 0 Å². The van der Waals surface area contributed by atoms with Gasteiger partial charge >= 0.3 is 0 Å². The van der Waals surface area contributed by atoms with Gasteiger partial charge in [0.15, 0.2) is 0 Å². The highest BCUT2D eigenvalue weighted by Gasteiger charge is 2.09. The van der Waals surface area contributed by atoms with Gasteiger partial charge in [-0.05, 0) is 36.4 Å². The Kier molecular flexibility index (Phi) is 4.19. The highest BCUT2D eigenvalue weighted by molar-refractivity contribution is 9.08. The Labute approximate surface area is 116 Å². The number of ether oxygens (including phenoxy) is 1. The summed E-state index contributed by atoms with van der Waals surface area (Å²) in [4.78, 5) is 0. The molecule has 5 heteroatoms. The van der Waals surface area contributed by atoms with Crippen LogP contribution in [0.3, 0.4) is 0 Å². The predicted octanol–water partition coefficient (Wildman–Crippen LogP) is 5.31. The Morgan fingerprint density at radius 2 is 1.61 bits per heavy atom. The van der Waals surface area contributed by atoms with Crippen molar-refractivity contribution < 1.29 is 13.5 Å². The fourth-order valence-electron chi connectivity index (χ4n) is 1.43. The Hall–Kier alpha value is -1.13. The average Bonchev–Trinajstić information content (AvgIpc) is 2.34. The van der Waals surface area contributed by atoms with E-state index in [-0.39, 0.29) is 10.8 Å². The van der Waals surface area contributed by atoms with Crippen molar-refractivity contribution in [3.63, 3.8) is 0 Å². The number of hydrogen-bond acceptors (Lipinski definition) is 1. The molecule has 0 aromatic heterocycles. The van der Waals surface area contributed by atoms with Crippen LogP contribution in [0.4, 0.5) is 8.78 Å². The van der Waals surface area contributed by atoms with Crippen LogP contribution in [0.2, 0.25) is 5.02 Å². The second-order valence-corrected chi connectivity index (χ2v) is 4.53. The van der Waals surface area contributed by atoms with E-state index in [1.165, 1.54) is 30.3 Å². The topological polar surface area (TPSA) is 9.23 Å². The molecule has 2 aromatic rings. The van der Waals surface area contributed by atoms with Gasteiger partial charge in [-0.1, -0.05) is 27.5 Å². The van der Waals surface area contributed by atoms with E-state index in [1.807, 2.05) is 0 Å². The molecule has 1 nitrogen and oxygen atoms in total. The largest absolute Gasteiger partial charge is 0.455 e. The van der Waals surface area contributed by atoms with Crippen molar-refractivity contribution in [3.8, 4) is 11.5 Å². The van der Waals surface area contributed by atoms with E-state index in [0.717, 1.165) is 6.07 Å². The van der Waals surface area contributed by atoms with E-state index in [4.69, 9.17) is 16.3 Å². The fourth-order valence-corrected chi connectivity index (χ4v) is 2.07. The Morgan fingerprint density at radius 3 is 2.22 bits per heavy atom. The van der Waals surface area contributed by atoms with Gasteiger partial charge in [0.05, 0.1) is 5.02 Å². The van der Waals surface area contributed by atoms with Crippen LogP contribution in [0.15, 0.2) is 36.4 Å². The van der Waals surface area contributed by atoms with Crippen LogP contribution in [-0.4, -0.2) is 0 Å². The highest BCUT2D eigenvalue weighted by Crippen LogP contribution is 2.32. The molecule has 0 amide bonds. The van der Waals surface area contributed by atoms with E-state index >= 15 is 0 Å². The number of hydrogen-bond donors (Lipinski definition) is 0. The standard InChI is InChI=1S/C13H8BrClF2O/c14-7-8-5-9(16)1-3-12(8)18-13-4-2-10(17)6-11(13)15/h1-6H,7H2. The minimum Gasteiger partial charge on any atom is -0.455 e. The van der Waals surface area contributed by atoms with Crippen molar-refractivity contribution in [2.75, 3.05) is 0 Å². The molecule has 0 aliphatic carbocycles. The van der Waals surface area contributed by atoms with Crippen LogP contribution in [0.25, 0.3) is 0 Å². The Balaban J connectivity index is 2.33. The molecule has 0 aliphatic heterocycles. The van der Waals surface area contributed by atoms with Crippen molar-refractivity contribution in [2.45, 2.75) is 5.33 Å². The normalized spacial score (nSPS) is 10.4. The van der Waals surface area contributed by atoms with Crippen LogP contribution in [0.5, 0.6) is 11.5 Å². The van der Waals surface area contributed by atoms with Gasteiger partial charge in [0.1, 0.15) is 23.1 Å². The summed E-state index contributed by atoms with van der Waals surface area (Å²) in [5, 5.41) is 0.610. The van der Waals surface area contributed by atoms with Crippen molar-refractivity contribution in [1.29, 1.82) is 0 Å². The number of rotatable bonds is 3. The van der Waals surface area contributed by atoms with Crippen LogP contribution < -0.4 is 4.74 Å². The maximum absolute atomic E-state index is 13.1. The molecular formula is C13H8BrClF2O. The monoisotopic (exact) mass is 332 g/mol. The van der Waals surface area contributed by atoms with Crippen LogP contribution in [0.1, 0.15) is 5.56 Å². The molecule has 2 rings (SSSR count). The minimum atomic E-state index is -0.438. The van der Waals surface area contributed by atoms with Gasteiger partial charge in [0, 0.05) is 10.9 Å². The molecule has 0 spiro atoms. The summed E-state index contributed by atoms with van der Waals surface area (Å²) in [5.74, 6) is 0.0165. The number of halogens is 4. The molecule has 0 heterocycles. The molecule has 0 aliphatic rings. The first-order chi connectivity index (χ1) is 8.60. The molecule has 0 saturated heterocycles. The summed E-state index contributed by atoms with van der Waals surface area (Å²) in [6.45, 7) is 0. The molecule has 0 fully saturated rings. The summed E-state index contributed by atoms with van der Waals surface area (Å²) in [5.41, 5.74) is 0.649. The quantitative estimate of drug-likeness (QED) is 0.692. The van der Waals surface area contributed by atoms with Gasteiger partial charge in [0.2, 0.25) is 0 Å². The summed E-state index contributed by atoms with van der Waals surface area (Å²) < 4.78 is 31.5. The van der Waals surface area contributed by atoms with E-state index in [2.05, 4.69) is 15.9 Å². The molecule has 94 valence electrons. The van der Waals surface area contributed by atoms with E-state index in [9.17, 15) is 8.78 Å². The first-order valence-electron chi connectivity index (χ1n) is 5.07. The molecule has 0 bridgehead atoms. The van der Waals surface area contributed by atoms with E-state index < -0.39 is 5.82 Å². The smallest absolute Gasteiger partial charge is 0.146 e. The van der Waals surface area contributed by atoms with Gasteiger partial charge in [-0.3, -0.25) is 0 Å². The van der Waals surface area contributed by atoms with Gasteiger partial charge < -0.3 is 4.74 Å². The van der Waals surface area contributed by atoms with Crippen molar-refractivity contribution >= 4 is 27.5 Å². The second-order valence-electron chi connectivity index (χ2n) is 3.56. The third-order valence-electron chi connectivity index (χ3n) is 2.28. The molecule has 0 saturated carbocycles. The third kappa shape index (κ3) is 3.00. The highest BCUT2D eigenvalue weighted by atomic mass is 79.9.